The molecule has 0 unspecified atom stereocenters. The van der Waals surface area contributed by atoms with Crippen LogP contribution in [0.3, 0.4) is 0 Å². The van der Waals surface area contributed by atoms with E-state index in [9.17, 15) is 0 Å². The SMILES string of the molecule is C[C@@H](c1ccc(-c2cccnc2)cc1)N1CC=NC=C1n1cnc2ccccc21. The predicted molar refractivity (Wildman–Crippen MR) is 117 cm³/mol. The third-order valence-electron chi connectivity index (χ3n) is 5.42. The van der Waals surface area contributed by atoms with Crippen molar-refractivity contribution in [3.05, 3.63) is 91.1 Å². The number of rotatable bonds is 4. The van der Waals surface area contributed by atoms with Gasteiger partial charge in [-0.15, -0.1) is 0 Å². The van der Waals surface area contributed by atoms with Crippen LogP contribution in [0.15, 0.2) is 90.6 Å². The quantitative estimate of drug-likeness (QED) is 0.501. The van der Waals surface area contributed by atoms with E-state index in [0.717, 1.165) is 29.0 Å². The lowest BCUT2D eigenvalue weighted by Crippen LogP contribution is -2.31. The van der Waals surface area contributed by atoms with Gasteiger partial charge in [0.05, 0.1) is 29.8 Å². The van der Waals surface area contributed by atoms with E-state index < -0.39 is 0 Å². The first-order valence-electron chi connectivity index (χ1n) is 9.72. The number of fused-ring (bicyclic) bond motifs is 1. The summed E-state index contributed by atoms with van der Waals surface area (Å²) < 4.78 is 2.12. The normalized spacial score (nSPS) is 14.8. The summed E-state index contributed by atoms with van der Waals surface area (Å²) in [7, 11) is 0. The highest BCUT2D eigenvalue weighted by Crippen LogP contribution is 2.31. The van der Waals surface area contributed by atoms with E-state index in [0.29, 0.717) is 0 Å². The minimum absolute atomic E-state index is 0.192. The zero-order valence-electron chi connectivity index (χ0n) is 16.2. The zero-order chi connectivity index (χ0) is 19.6. The number of pyridine rings is 1. The maximum Gasteiger partial charge on any atom is 0.134 e. The minimum atomic E-state index is 0.192. The van der Waals surface area contributed by atoms with Crippen molar-refractivity contribution >= 4 is 23.1 Å². The Morgan fingerprint density at radius 1 is 0.931 bits per heavy atom. The van der Waals surface area contributed by atoms with Crippen LogP contribution in [0.5, 0.6) is 0 Å². The van der Waals surface area contributed by atoms with Crippen molar-refractivity contribution in [2.75, 3.05) is 6.54 Å². The summed E-state index contributed by atoms with van der Waals surface area (Å²) in [4.78, 5) is 15.5. The Hall–Kier alpha value is -3.73. The van der Waals surface area contributed by atoms with Gasteiger partial charge >= 0.3 is 0 Å². The van der Waals surface area contributed by atoms with Crippen molar-refractivity contribution in [3.63, 3.8) is 0 Å². The van der Waals surface area contributed by atoms with Crippen LogP contribution in [0.1, 0.15) is 18.5 Å². The number of nitrogens with zero attached hydrogens (tertiary/aromatic N) is 5. The van der Waals surface area contributed by atoms with Crippen molar-refractivity contribution < 1.29 is 0 Å². The van der Waals surface area contributed by atoms with Crippen LogP contribution in [0, 0.1) is 0 Å². The maximum atomic E-state index is 4.54. The smallest absolute Gasteiger partial charge is 0.134 e. The van der Waals surface area contributed by atoms with Crippen molar-refractivity contribution in [1.29, 1.82) is 0 Å². The van der Waals surface area contributed by atoms with E-state index in [-0.39, 0.29) is 6.04 Å². The molecule has 0 N–H and O–H groups in total. The topological polar surface area (TPSA) is 46.3 Å². The van der Waals surface area contributed by atoms with Crippen LogP contribution < -0.4 is 0 Å². The van der Waals surface area contributed by atoms with Crippen LogP contribution in [-0.2, 0) is 0 Å². The van der Waals surface area contributed by atoms with Crippen molar-refractivity contribution in [2.24, 2.45) is 4.99 Å². The third kappa shape index (κ3) is 3.21. The second kappa shape index (κ2) is 7.36. The van der Waals surface area contributed by atoms with Crippen LogP contribution in [0.4, 0.5) is 0 Å². The molecule has 0 saturated heterocycles. The third-order valence-corrected chi connectivity index (χ3v) is 5.42. The zero-order valence-corrected chi connectivity index (χ0v) is 16.2. The van der Waals surface area contributed by atoms with Crippen molar-refractivity contribution in [1.82, 2.24) is 19.4 Å². The predicted octanol–water partition coefficient (Wildman–Crippen LogP) is 5.00. The van der Waals surface area contributed by atoms with Gasteiger partial charge in [-0.25, -0.2) is 4.98 Å². The Balaban J connectivity index is 1.46. The van der Waals surface area contributed by atoms with E-state index in [4.69, 9.17) is 0 Å². The van der Waals surface area contributed by atoms with Crippen molar-refractivity contribution in [2.45, 2.75) is 13.0 Å². The number of hydrogen-bond donors (Lipinski definition) is 0. The first-order chi connectivity index (χ1) is 14.3. The van der Waals surface area contributed by atoms with Crippen LogP contribution in [0.2, 0.25) is 0 Å². The molecule has 1 atom stereocenters. The molecule has 2 aromatic carbocycles. The minimum Gasteiger partial charge on any atom is -0.344 e. The highest BCUT2D eigenvalue weighted by molar-refractivity contribution is 5.80. The fourth-order valence-corrected chi connectivity index (χ4v) is 3.79. The monoisotopic (exact) mass is 379 g/mol. The fraction of sp³-hybridized carbons (Fsp3) is 0.125. The summed E-state index contributed by atoms with van der Waals surface area (Å²) in [6, 6.07) is 21.1. The van der Waals surface area contributed by atoms with Gasteiger partial charge in [0, 0.05) is 18.6 Å². The van der Waals surface area contributed by atoms with Crippen LogP contribution in [-0.4, -0.2) is 32.2 Å². The molecule has 3 heterocycles. The molecule has 0 saturated carbocycles. The van der Waals surface area contributed by atoms with E-state index in [1.165, 1.54) is 11.1 Å². The van der Waals surface area contributed by atoms with Gasteiger partial charge in [-0.3, -0.25) is 14.5 Å². The van der Waals surface area contributed by atoms with Crippen molar-refractivity contribution in [3.8, 4) is 11.1 Å². The van der Waals surface area contributed by atoms with E-state index in [1.54, 1.807) is 6.20 Å². The Morgan fingerprint density at radius 2 is 1.79 bits per heavy atom. The molecule has 5 heteroatoms. The summed E-state index contributed by atoms with van der Waals surface area (Å²) >= 11 is 0. The molecule has 1 aliphatic rings. The standard InChI is InChI=1S/C24H21N5/c1-18(19-8-10-20(11-9-19)21-5-4-12-25-15-21)28-14-13-26-16-24(28)29-17-27-22-6-2-3-7-23(22)29/h2-13,15-18H,14H2,1H3/t18-/m0/s1. The van der Waals surface area contributed by atoms with Gasteiger partial charge in [0.15, 0.2) is 0 Å². The molecule has 1 aliphatic heterocycles. The average Bonchev–Trinajstić information content (AvgIpc) is 3.23. The molecule has 5 nitrogen and oxygen atoms in total. The lowest BCUT2D eigenvalue weighted by atomic mass is 10.0. The first-order valence-corrected chi connectivity index (χ1v) is 9.72. The van der Waals surface area contributed by atoms with Gasteiger partial charge in [0.1, 0.15) is 12.1 Å². The summed E-state index contributed by atoms with van der Waals surface area (Å²) in [5.74, 6) is 1.03. The molecule has 0 amide bonds. The fourth-order valence-electron chi connectivity index (χ4n) is 3.79. The molecule has 142 valence electrons. The lowest BCUT2D eigenvalue weighted by molar-refractivity contribution is 0.341. The first kappa shape index (κ1) is 17.4. The molecular weight excluding hydrogens is 358 g/mol. The van der Waals surface area contributed by atoms with Gasteiger partial charge in [-0.05, 0) is 41.8 Å². The number of benzene rings is 2. The molecule has 0 spiro atoms. The van der Waals surface area contributed by atoms with E-state index >= 15 is 0 Å². The molecule has 0 fully saturated rings. The van der Waals surface area contributed by atoms with E-state index in [2.05, 4.69) is 67.7 Å². The molecule has 29 heavy (non-hydrogen) atoms. The second-order valence-corrected chi connectivity index (χ2v) is 7.11. The number of imidazole rings is 1. The maximum absolute atomic E-state index is 4.54. The number of aromatic nitrogens is 3. The lowest BCUT2D eigenvalue weighted by Gasteiger charge is -2.34. The van der Waals surface area contributed by atoms with Gasteiger partial charge in [-0.2, -0.15) is 0 Å². The van der Waals surface area contributed by atoms with Crippen LogP contribution in [0.25, 0.3) is 28.0 Å². The highest BCUT2D eigenvalue weighted by atomic mass is 15.3. The number of hydrogen-bond acceptors (Lipinski definition) is 4. The average molecular weight is 379 g/mol. The molecule has 5 rings (SSSR count). The van der Waals surface area contributed by atoms with Gasteiger partial charge in [0.25, 0.3) is 0 Å². The largest absolute Gasteiger partial charge is 0.344 e. The summed E-state index contributed by atoms with van der Waals surface area (Å²) in [5, 5.41) is 0. The summed E-state index contributed by atoms with van der Waals surface area (Å²) in [5.41, 5.74) is 5.62. The molecule has 4 aromatic rings. The Bertz CT molecular complexity index is 1190. The molecule has 2 aromatic heterocycles. The number of aliphatic imine (C=N–C) groups is 1. The Morgan fingerprint density at radius 3 is 2.62 bits per heavy atom. The highest BCUT2D eigenvalue weighted by Gasteiger charge is 2.22. The van der Waals surface area contributed by atoms with Gasteiger partial charge in [0.2, 0.25) is 0 Å². The van der Waals surface area contributed by atoms with Gasteiger partial charge < -0.3 is 4.90 Å². The second-order valence-electron chi connectivity index (χ2n) is 7.11. The number of para-hydroxylation sites is 2. The van der Waals surface area contributed by atoms with Crippen LogP contribution >= 0.6 is 0 Å². The molecule has 0 bridgehead atoms. The molecule has 0 radical (unpaired) electrons. The Labute approximate surface area is 169 Å². The molecular formula is C24H21N5. The summed E-state index contributed by atoms with van der Waals surface area (Å²) in [6.07, 6.45) is 9.43. The van der Waals surface area contributed by atoms with Gasteiger partial charge in [-0.1, -0.05) is 42.5 Å². The van der Waals surface area contributed by atoms with E-state index in [1.807, 2.05) is 49.2 Å². The summed E-state index contributed by atoms with van der Waals surface area (Å²) in [6.45, 7) is 2.98. The Kier molecular flexibility index (Phi) is 4.41. The molecule has 0 aliphatic carbocycles.